The molecule has 1 aromatic carbocycles. The first-order valence-electron chi connectivity index (χ1n) is 8.00. The summed E-state index contributed by atoms with van der Waals surface area (Å²) in [6, 6.07) is 11.6. The number of nitrogens with one attached hydrogen (secondary N) is 1. The van der Waals surface area contributed by atoms with Crippen LogP contribution < -0.4 is 14.8 Å². The standard InChI is InChI=1S/C18H24N2O3S/c1-3-20(13-15-7-6-12-24-15)14-18(21)19-10-11-23-17-9-5-4-8-16(17)22-2/h4-9,12H,3,10-11,13-14H2,1-2H3,(H,19,21). The largest absolute Gasteiger partial charge is 0.493 e. The van der Waals surface area contributed by atoms with E-state index in [-0.39, 0.29) is 5.91 Å². The zero-order valence-corrected chi connectivity index (χ0v) is 15.0. The Morgan fingerprint density at radius 1 is 1.21 bits per heavy atom. The number of carbonyl (C=O) groups is 1. The molecular weight excluding hydrogens is 324 g/mol. The summed E-state index contributed by atoms with van der Waals surface area (Å²) < 4.78 is 10.9. The van der Waals surface area contributed by atoms with E-state index in [1.807, 2.05) is 30.3 Å². The highest BCUT2D eigenvalue weighted by molar-refractivity contribution is 7.09. The molecular formula is C18H24N2O3S. The van der Waals surface area contributed by atoms with Crippen LogP contribution in [0.2, 0.25) is 0 Å². The molecule has 2 aromatic rings. The van der Waals surface area contributed by atoms with Crippen LogP contribution in [0, 0.1) is 0 Å². The number of benzene rings is 1. The van der Waals surface area contributed by atoms with E-state index in [0.717, 1.165) is 13.1 Å². The average Bonchev–Trinajstić information content (AvgIpc) is 3.11. The van der Waals surface area contributed by atoms with Crippen molar-refractivity contribution < 1.29 is 14.3 Å². The van der Waals surface area contributed by atoms with Crippen molar-refractivity contribution in [3.63, 3.8) is 0 Å². The molecule has 1 aromatic heterocycles. The zero-order chi connectivity index (χ0) is 17.2. The van der Waals surface area contributed by atoms with Gasteiger partial charge in [0.25, 0.3) is 0 Å². The number of hydrogen-bond acceptors (Lipinski definition) is 5. The van der Waals surface area contributed by atoms with Gasteiger partial charge in [0.15, 0.2) is 11.5 Å². The number of carbonyl (C=O) groups excluding carboxylic acids is 1. The summed E-state index contributed by atoms with van der Waals surface area (Å²) in [6.45, 7) is 4.97. The van der Waals surface area contributed by atoms with Gasteiger partial charge in [-0.3, -0.25) is 9.69 Å². The highest BCUT2D eigenvalue weighted by Gasteiger charge is 2.10. The van der Waals surface area contributed by atoms with E-state index >= 15 is 0 Å². The highest BCUT2D eigenvalue weighted by Crippen LogP contribution is 2.25. The maximum atomic E-state index is 12.0. The molecule has 0 aliphatic rings. The molecule has 0 atom stereocenters. The molecule has 0 spiro atoms. The van der Waals surface area contributed by atoms with Gasteiger partial charge in [0, 0.05) is 11.4 Å². The highest BCUT2D eigenvalue weighted by atomic mass is 32.1. The minimum Gasteiger partial charge on any atom is -0.493 e. The number of nitrogens with zero attached hydrogens (tertiary/aromatic N) is 1. The lowest BCUT2D eigenvalue weighted by Crippen LogP contribution is -2.38. The summed E-state index contributed by atoms with van der Waals surface area (Å²) in [7, 11) is 1.61. The lowest BCUT2D eigenvalue weighted by atomic mass is 10.3. The van der Waals surface area contributed by atoms with Gasteiger partial charge in [-0.05, 0) is 30.1 Å². The van der Waals surface area contributed by atoms with Crippen LogP contribution in [0.15, 0.2) is 41.8 Å². The molecule has 1 amide bonds. The van der Waals surface area contributed by atoms with Crippen molar-refractivity contribution in [2.75, 3.05) is 33.4 Å². The third kappa shape index (κ3) is 5.86. The van der Waals surface area contributed by atoms with E-state index in [9.17, 15) is 4.79 Å². The molecule has 6 heteroatoms. The molecule has 0 fully saturated rings. The Labute approximate surface area is 147 Å². The Hall–Kier alpha value is -2.05. The maximum Gasteiger partial charge on any atom is 0.234 e. The number of rotatable bonds is 10. The average molecular weight is 348 g/mol. The van der Waals surface area contributed by atoms with Crippen molar-refractivity contribution in [3.05, 3.63) is 46.7 Å². The van der Waals surface area contributed by atoms with Gasteiger partial charge in [-0.15, -0.1) is 11.3 Å². The molecule has 0 saturated heterocycles. The summed E-state index contributed by atoms with van der Waals surface area (Å²) in [5, 5.41) is 4.95. The molecule has 5 nitrogen and oxygen atoms in total. The molecule has 0 saturated carbocycles. The van der Waals surface area contributed by atoms with E-state index in [0.29, 0.717) is 31.2 Å². The van der Waals surface area contributed by atoms with Crippen molar-refractivity contribution in [3.8, 4) is 11.5 Å². The Morgan fingerprint density at radius 2 is 2.00 bits per heavy atom. The number of ether oxygens (including phenoxy) is 2. The second-order valence-electron chi connectivity index (χ2n) is 5.23. The first-order chi connectivity index (χ1) is 11.7. The van der Waals surface area contributed by atoms with Gasteiger partial charge in [0.05, 0.1) is 20.2 Å². The monoisotopic (exact) mass is 348 g/mol. The fraction of sp³-hybridized carbons (Fsp3) is 0.389. The molecule has 0 unspecified atom stereocenters. The third-order valence-corrected chi connectivity index (χ3v) is 4.39. The number of likely N-dealkylation sites (N-methyl/N-ethyl adjacent to an activating group) is 1. The number of methoxy groups -OCH3 is 1. The summed E-state index contributed by atoms with van der Waals surface area (Å²) in [5.41, 5.74) is 0. The molecule has 130 valence electrons. The summed E-state index contributed by atoms with van der Waals surface area (Å²) in [6.07, 6.45) is 0. The topological polar surface area (TPSA) is 50.8 Å². The molecule has 0 aliphatic carbocycles. The molecule has 2 rings (SSSR count). The zero-order valence-electron chi connectivity index (χ0n) is 14.2. The SMILES string of the molecule is CCN(CC(=O)NCCOc1ccccc1OC)Cc1cccs1. The lowest BCUT2D eigenvalue weighted by molar-refractivity contribution is -0.122. The number of para-hydroxylation sites is 2. The van der Waals surface area contributed by atoms with Crippen molar-refractivity contribution in [2.45, 2.75) is 13.5 Å². The number of hydrogen-bond donors (Lipinski definition) is 1. The van der Waals surface area contributed by atoms with Crippen LogP contribution in [-0.4, -0.2) is 44.2 Å². The fourth-order valence-electron chi connectivity index (χ4n) is 2.25. The normalized spacial score (nSPS) is 10.6. The molecule has 0 radical (unpaired) electrons. The van der Waals surface area contributed by atoms with E-state index in [1.54, 1.807) is 18.4 Å². The van der Waals surface area contributed by atoms with Gasteiger partial charge in [-0.25, -0.2) is 0 Å². The predicted octanol–water partition coefficient (Wildman–Crippen LogP) is 2.77. The summed E-state index contributed by atoms with van der Waals surface area (Å²) >= 11 is 1.71. The van der Waals surface area contributed by atoms with E-state index < -0.39 is 0 Å². The molecule has 1 heterocycles. The Balaban J connectivity index is 1.68. The van der Waals surface area contributed by atoms with Crippen LogP contribution >= 0.6 is 11.3 Å². The number of amides is 1. The van der Waals surface area contributed by atoms with Crippen molar-refractivity contribution in [2.24, 2.45) is 0 Å². The third-order valence-electron chi connectivity index (χ3n) is 3.52. The minimum absolute atomic E-state index is 0.0111. The van der Waals surface area contributed by atoms with Gasteiger partial charge >= 0.3 is 0 Å². The predicted molar refractivity (Wildman–Crippen MR) is 96.8 cm³/mol. The van der Waals surface area contributed by atoms with Crippen LogP contribution in [-0.2, 0) is 11.3 Å². The first-order valence-corrected chi connectivity index (χ1v) is 8.88. The fourth-order valence-corrected chi connectivity index (χ4v) is 3.00. The van der Waals surface area contributed by atoms with Gasteiger partial charge < -0.3 is 14.8 Å². The molecule has 24 heavy (non-hydrogen) atoms. The Morgan fingerprint density at radius 3 is 2.67 bits per heavy atom. The van der Waals surface area contributed by atoms with E-state index in [1.165, 1.54) is 4.88 Å². The summed E-state index contributed by atoms with van der Waals surface area (Å²) in [5.74, 6) is 1.39. The van der Waals surface area contributed by atoms with Crippen molar-refractivity contribution in [1.29, 1.82) is 0 Å². The Bertz CT molecular complexity index is 616. The quantitative estimate of drug-likeness (QED) is 0.671. The van der Waals surface area contributed by atoms with Gasteiger partial charge in [-0.2, -0.15) is 0 Å². The van der Waals surface area contributed by atoms with Crippen LogP contribution in [0.1, 0.15) is 11.8 Å². The summed E-state index contributed by atoms with van der Waals surface area (Å²) in [4.78, 5) is 15.4. The Kier molecular flexibility index (Phi) is 7.58. The van der Waals surface area contributed by atoms with Crippen molar-refractivity contribution in [1.82, 2.24) is 10.2 Å². The maximum absolute atomic E-state index is 12.0. The van der Waals surface area contributed by atoms with Crippen LogP contribution in [0.25, 0.3) is 0 Å². The van der Waals surface area contributed by atoms with Crippen LogP contribution in [0.5, 0.6) is 11.5 Å². The number of thiophene rings is 1. The smallest absolute Gasteiger partial charge is 0.234 e. The second-order valence-corrected chi connectivity index (χ2v) is 6.26. The second kappa shape index (κ2) is 9.95. The van der Waals surface area contributed by atoms with E-state index in [4.69, 9.17) is 9.47 Å². The van der Waals surface area contributed by atoms with E-state index in [2.05, 4.69) is 28.6 Å². The molecule has 0 bridgehead atoms. The van der Waals surface area contributed by atoms with Gasteiger partial charge in [-0.1, -0.05) is 25.1 Å². The molecule has 0 aliphatic heterocycles. The lowest BCUT2D eigenvalue weighted by Gasteiger charge is -2.19. The minimum atomic E-state index is 0.0111. The first kappa shape index (κ1) is 18.3. The van der Waals surface area contributed by atoms with Crippen molar-refractivity contribution >= 4 is 17.2 Å². The van der Waals surface area contributed by atoms with Crippen LogP contribution in [0.4, 0.5) is 0 Å². The van der Waals surface area contributed by atoms with Crippen LogP contribution in [0.3, 0.4) is 0 Å². The molecule has 1 N–H and O–H groups in total. The van der Waals surface area contributed by atoms with Gasteiger partial charge in [0.1, 0.15) is 6.61 Å². The van der Waals surface area contributed by atoms with Gasteiger partial charge in [0.2, 0.25) is 5.91 Å².